The number of rotatable bonds is 3. The summed E-state index contributed by atoms with van der Waals surface area (Å²) in [5.41, 5.74) is 0.888. The van der Waals surface area contributed by atoms with Crippen molar-refractivity contribution in [1.29, 1.82) is 0 Å². The first kappa shape index (κ1) is 17.0. The summed E-state index contributed by atoms with van der Waals surface area (Å²) in [7, 11) is 0. The Morgan fingerprint density at radius 2 is 1.90 bits per heavy atom. The second-order valence-electron chi connectivity index (χ2n) is 7.71. The minimum atomic E-state index is -0.163. The number of aliphatic hydroxyl groups is 1. The quantitative estimate of drug-likeness (QED) is 0.774. The van der Waals surface area contributed by atoms with Crippen molar-refractivity contribution in [3.63, 3.8) is 0 Å². The van der Waals surface area contributed by atoms with E-state index in [1.807, 2.05) is 6.07 Å². The fourth-order valence-electron chi connectivity index (χ4n) is 3.57. The Hall–Kier alpha value is -0.410. The summed E-state index contributed by atoms with van der Waals surface area (Å²) in [6.07, 6.45) is 4.85. The van der Waals surface area contributed by atoms with Gasteiger partial charge in [0.2, 0.25) is 0 Å². The van der Waals surface area contributed by atoms with Crippen molar-refractivity contribution >= 4 is 15.9 Å². The predicted molar refractivity (Wildman–Crippen MR) is 88.7 cm³/mol. The van der Waals surface area contributed by atoms with Crippen molar-refractivity contribution in [3.8, 4) is 0 Å². The number of benzene rings is 1. The summed E-state index contributed by atoms with van der Waals surface area (Å²) in [5, 5.41) is 9.92. The Morgan fingerprint density at radius 3 is 2.43 bits per heavy atom. The van der Waals surface area contributed by atoms with Crippen LogP contribution in [0.25, 0.3) is 0 Å². The molecule has 118 valence electrons. The molecule has 0 atom stereocenters. The van der Waals surface area contributed by atoms with E-state index in [-0.39, 0.29) is 17.8 Å². The van der Waals surface area contributed by atoms with Gasteiger partial charge in [-0.2, -0.15) is 0 Å². The van der Waals surface area contributed by atoms with E-state index in [0.29, 0.717) is 23.3 Å². The molecule has 1 aliphatic rings. The van der Waals surface area contributed by atoms with E-state index in [1.54, 1.807) is 6.07 Å². The maximum Gasteiger partial charge on any atom is 0.126 e. The zero-order chi connectivity index (χ0) is 15.7. The lowest BCUT2D eigenvalue weighted by molar-refractivity contribution is 0.0363. The molecule has 0 saturated heterocycles. The Kier molecular flexibility index (Phi) is 5.15. The summed E-state index contributed by atoms with van der Waals surface area (Å²) >= 11 is 3.41. The summed E-state index contributed by atoms with van der Waals surface area (Å²) in [6, 6.07) is 5.08. The van der Waals surface area contributed by atoms with Crippen LogP contribution in [0, 0.1) is 22.6 Å². The molecular formula is C18H26BrFO. The van der Waals surface area contributed by atoms with Crippen LogP contribution >= 0.6 is 15.9 Å². The highest BCUT2D eigenvalue weighted by Gasteiger charge is 2.38. The van der Waals surface area contributed by atoms with Crippen LogP contribution < -0.4 is 0 Å². The minimum absolute atomic E-state index is 0.149. The van der Waals surface area contributed by atoms with E-state index in [0.717, 1.165) is 30.2 Å². The molecule has 1 aromatic carbocycles. The molecule has 0 bridgehead atoms. The maximum absolute atomic E-state index is 14.0. The highest BCUT2D eigenvalue weighted by Crippen LogP contribution is 2.46. The van der Waals surface area contributed by atoms with Crippen LogP contribution in [-0.4, -0.2) is 11.7 Å². The van der Waals surface area contributed by atoms with Gasteiger partial charge in [-0.05, 0) is 72.6 Å². The molecule has 0 amide bonds. The molecule has 1 aliphatic carbocycles. The van der Waals surface area contributed by atoms with Crippen molar-refractivity contribution in [2.45, 2.75) is 52.9 Å². The fraction of sp³-hybridized carbons (Fsp3) is 0.667. The van der Waals surface area contributed by atoms with Gasteiger partial charge in [0.05, 0.1) is 0 Å². The van der Waals surface area contributed by atoms with E-state index in [1.165, 1.54) is 6.07 Å². The topological polar surface area (TPSA) is 20.2 Å². The fourth-order valence-corrected chi connectivity index (χ4v) is 3.98. The zero-order valence-electron chi connectivity index (χ0n) is 13.3. The first-order valence-electron chi connectivity index (χ1n) is 7.81. The lowest BCUT2D eigenvalue weighted by atomic mass is 9.62. The van der Waals surface area contributed by atoms with Gasteiger partial charge in [-0.15, -0.1) is 0 Å². The van der Waals surface area contributed by atoms with Crippen LogP contribution in [0.3, 0.4) is 0 Å². The molecule has 0 heterocycles. The van der Waals surface area contributed by atoms with Gasteiger partial charge in [0, 0.05) is 11.1 Å². The van der Waals surface area contributed by atoms with Gasteiger partial charge >= 0.3 is 0 Å². The summed E-state index contributed by atoms with van der Waals surface area (Å²) < 4.78 is 14.9. The molecule has 2 rings (SSSR count). The van der Waals surface area contributed by atoms with Gasteiger partial charge in [-0.1, -0.05) is 36.7 Å². The first-order valence-corrected chi connectivity index (χ1v) is 8.60. The summed E-state index contributed by atoms with van der Waals surface area (Å²) in [4.78, 5) is 0. The second kappa shape index (κ2) is 6.37. The highest BCUT2D eigenvalue weighted by molar-refractivity contribution is 9.10. The average molecular weight is 357 g/mol. The van der Waals surface area contributed by atoms with Crippen LogP contribution in [0.1, 0.15) is 52.0 Å². The smallest absolute Gasteiger partial charge is 0.126 e. The largest absolute Gasteiger partial charge is 0.396 e. The second-order valence-corrected chi connectivity index (χ2v) is 8.63. The summed E-state index contributed by atoms with van der Waals surface area (Å²) in [5.74, 6) is 0.536. The molecule has 1 saturated carbocycles. The van der Waals surface area contributed by atoms with E-state index >= 15 is 0 Å². The third-order valence-corrected chi connectivity index (χ3v) is 5.67. The lowest BCUT2D eigenvalue weighted by Crippen LogP contribution is -2.36. The van der Waals surface area contributed by atoms with E-state index in [4.69, 9.17) is 0 Å². The monoisotopic (exact) mass is 356 g/mol. The Labute approximate surface area is 136 Å². The molecular weight excluding hydrogens is 331 g/mol. The van der Waals surface area contributed by atoms with Gasteiger partial charge in [0.15, 0.2) is 0 Å². The molecule has 0 spiro atoms. The van der Waals surface area contributed by atoms with E-state index < -0.39 is 0 Å². The molecule has 0 aromatic heterocycles. The maximum atomic E-state index is 14.0. The van der Waals surface area contributed by atoms with Crippen molar-refractivity contribution in [3.05, 3.63) is 34.1 Å². The van der Waals surface area contributed by atoms with Crippen LogP contribution in [-0.2, 0) is 6.42 Å². The van der Waals surface area contributed by atoms with Gasteiger partial charge in [0.25, 0.3) is 0 Å². The molecule has 0 unspecified atom stereocenters. The van der Waals surface area contributed by atoms with Gasteiger partial charge in [-0.25, -0.2) is 4.39 Å². The lowest BCUT2D eigenvalue weighted by Gasteiger charge is -2.43. The number of halogens is 2. The number of hydrogen-bond acceptors (Lipinski definition) is 1. The van der Waals surface area contributed by atoms with Crippen LogP contribution in [0.15, 0.2) is 22.7 Å². The normalized spacial score (nSPS) is 26.9. The van der Waals surface area contributed by atoms with Crippen molar-refractivity contribution in [1.82, 2.24) is 0 Å². The Morgan fingerprint density at radius 1 is 1.29 bits per heavy atom. The van der Waals surface area contributed by atoms with Crippen molar-refractivity contribution in [2.75, 3.05) is 6.61 Å². The number of aliphatic hydroxyl groups excluding tert-OH is 1. The van der Waals surface area contributed by atoms with Crippen molar-refractivity contribution in [2.24, 2.45) is 16.7 Å². The van der Waals surface area contributed by atoms with Crippen molar-refractivity contribution < 1.29 is 9.50 Å². The Bertz CT molecular complexity index is 484. The minimum Gasteiger partial charge on any atom is -0.396 e. The standard InChI is InChI=1S/C18H26BrFO/c1-17(2,3)14-6-8-18(12-21,9-7-14)11-13-10-15(19)4-5-16(13)20/h4-5,10,14,21H,6-9,11-12H2,1-3H3. The number of hydrogen-bond donors (Lipinski definition) is 1. The van der Waals surface area contributed by atoms with Crippen LogP contribution in [0.5, 0.6) is 0 Å². The molecule has 0 radical (unpaired) electrons. The van der Waals surface area contributed by atoms with Crippen LogP contribution in [0.2, 0.25) is 0 Å². The molecule has 1 N–H and O–H groups in total. The average Bonchev–Trinajstić information content (AvgIpc) is 2.42. The molecule has 3 heteroatoms. The third-order valence-electron chi connectivity index (χ3n) is 5.18. The van der Waals surface area contributed by atoms with E-state index in [9.17, 15) is 9.50 Å². The molecule has 1 aromatic rings. The highest BCUT2D eigenvalue weighted by atomic mass is 79.9. The first-order chi connectivity index (χ1) is 9.76. The summed E-state index contributed by atoms with van der Waals surface area (Å²) in [6.45, 7) is 7.02. The predicted octanol–water partition coefficient (Wildman–Crippen LogP) is 5.35. The van der Waals surface area contributed by atoms with Gasteiger partial charge in [0.1, 0.15) is 5.82 Å². The van der Waals surface area contributed by atoms with Crippen LogP contribution in [0.4, 0.5) is 4.39 Å². The molecule has 21 heavy (non-hydrogen) atoms. The zero-order valence-corrected chi connectivity index (χ0v) is 14.8. The SMILES string of the molecule is CC(C)(C)C1CCC(CO)(Cc2cc(Br)ccc2F)CC1. The molecule has 1 fully saturated rings. The molecule has 1 nitrogen and oxygen atoms in total. The third kappa shape index (κ3) is 4.07. The van der Waals surface area contributed by atoms with Gasteiger partial charge < -0.3 is 5.11 Å². The molecule has 0 aliphatic heterocycles. The van der Waals surface area contributed by atoms with E-state index in [2.05, 4.69) is 36.7 Å². The van der Waals surface area contributed by atoms with Gasteiger partial charge in [-0.3, -0.25) is 0 Å². The Balaban J connectivity index is 2.12.